The van der Waals surface area contributed by atoms with Gasteiger partial charge in [0.2, 0.25) is 11.8 Å². The summed E-state index contributed by atoms with van der Waals surface area (Å²) in [4.78, 5) is 29.8. The number of aromatic nitrogens is 3. The van der Waals surface area contributed by atoms with Gasteiger partial charge in [0, 0.05) is 38.1 Å². The first kappa shape index (κ1) is 29.2. The Bertz CT molecular complexity index is 1520. The zero-order valence-electron chi connectivity index (χ0n) is 23.1. The molecule has 0 bridgehead atoms. The van der Waals surface area contributed by atoms with E-state index < -0.39 is 23.1 Å². The number of rotatable bonds is 6. The van der Waals surface area contributed by atoms with Crippen molar-refractivity contribution in [3.05, 3.63) is 65.5 Å². The molecule has 0 saturated carbocycles. The van der Waals surface area contributed by atoms with E-state index in [0.29, 0.717) is 17.7 Å². The molecule has 42 heavy (non-hydrogen) atoms. The summed E-state index contributed by atoms with van der Waals surface area (Å²) in [6, 6.07) is 8.35. The number of nitriles is 1. The minimum atomic E-state index is -4.68. The number of likely N-dealkylation sites (N-methyl/N-ethyl adjacent to an activating group) is 1. The summed E-state index contributed by atoms with van der Waals surface area (Å²) in [7, 11) is 3.39. The van der Waals surface area contributed by atoms with E-state index in [2.05, 4.69) is 25.2 Å². The molecule has 13 heteroatoms. The number of carbonyl (C=O) groups is 1. The monoisotopic (exact) mass is 583 g/mol. The van der Waals surface area contributed by atoms with Gasteiger partial charge in [-0.1, -0.05) is 0 Å². The van der Waals surface area contributed by atoms with Crippen LogP contribution < -0.4 is 15.0 Å². The molecule has 220 valence electrons. The fraction of sp³-hybridized carbons (Fsp3) is 0.414. The highest BCUT2D eigenvalue weighted by Crippen LogP contribution is 2.40. The molecular weight excluding hydrogens is 554 g/mol. The van der Waals surface area contributed by atoms with Gasteiger partial charge in [-0.25, -0.2) is 14.4 Å². The number of amides is 1. The number of halogens is 4. The van der Waals surface area contributed by atoms with Crippen LogP contribution in [0.25, 0.3) is 11.3 Å². The lowest BCUT2D eigenvalue weighted by Gasteiger charge is -2.42. The minimum Gasteiger partial charge on any atom is -0.481 e. The summed E-state index contributed by atoms with van der Waals surface area (Å²) in [6.07, 6.45) is -0.475. The van der Waals surface area contributed by atoms with Crippen LogP contribution in [-0.4, -0.2) is 72.1 Å². The zero-order chi connectivity index (χ0) is 30.1. The van der Waals surface area contributed by atoms with Gasteiger partial charge >= 0.3 is 6.18 Å². The Morgan fingerprint density at radius 3 is 2.57 bits per heavy atom. The summed E-state index contributed by atoms with van der Waals surface area (Å²) < 4.78 is 60.4. The molecule has 1 amide bonds. The van der Waals surface area contributed by atoms with Gasteiger partial charge in [0.25, 0.3) is 0 Å². The van der Waals surface area contributed by atoms with Gasteiger partial charge in [-0.15, -0.1) is 0 Å². The number of nitrogens with one attached hydrogen (secondary N) is 1. The van der Waals surface area contributed by atoms with Crippen LogP contribution in [0.5, 0.6) is 5.88 Å². The number of pyridine rings is 3. The van der Waals surface area contributed by atoms with Crippen molar-refractivity contribution in [3.63, 3.8) is 0 Å². The van der Waals surface area contributed by atoms with Crippen molar-refractivity contribution in [2.45, 2.75) is 36.9 Å². The molecule has 2 aliphatic heterocycles. The fourth-order valence-corrected chi connectivity index (χ4v) is 5.73. The summed E-state index contributed by atoms with van der Waals surface area (Å²) >= 11 is 0. The summed E-state index contributed by atoms with van der Waals surface area (Å²) in [5.41, 5.74) is -1.62. The van der Waals surface area contributed by atoms with Crippen molar-refractivity contribution in [3.8, 4) is 23.2 Å². The van der Waals surface area contributed by atoms with Gasteiger partial charge in [-0.2, -0.15) is 18.4 Å². The largest absolute Gasteiger partial charge is 0.481 e. The van der Waals surface area contributed by atoms with Crippen molar-refractivity contribution >= 4 is 11.6 Å². The van der Waals surface area contributed by atoms with Gasteiger partial charge in [-0.05, 0) is 68.8 Å². The van der Waals surface area contributed by atoms with E-state index >= 15 is 4.39 Å². The standard InChI is InChI=1S/C29H29F4N7O2/c1-39-11-7-19(17-39)37-27(41)28(18-14-21(30)25(36-16-18)20-4-3-10-35-26(20)42-2)8-12-40(13-9-28)23-5-6-24(29(31,32)33)38-22(23)15-34/h3-6,10,14,16,19H,7-9,11-13,17H2,1-2H3,(H,37,41)/t19-/m0/s1. The molecule has 0 aromatic carbocycles. The molecule has 2 fully saturated rings. The quantitative estimate of drug-likeness (QED) is 0.435. The SMILES string of the molecule is COc1ncccc1-c1ncc(C2(C(=O)N[C@H]3CCN(C)C3)CCN(c3ccc(C(F)(F)F)nc3C#N)CC2)cc1F. The number of hydrogen-bond donors (Lipinski definition) is 1. The lowest BCUT2D eigenvalue weighted by molar-refractivity contribution is -0.141. The number of nitrogens with zero attached hydrogens (tertiary/aromatic N) is 6. The maximum Gasteiger partial charge on any atom is 0.433 e. The second kappa shape index (κ2) is 11.5. The number of carbonyl (C=O) groups excluding carboxylic acids is 1. The second-order valence-electron chi connectivity index (χ2n) is 10.6. The fourth-order valence-electron chi connectivity index (χ4n) is 5.73. The molecule has 5 heterocycles. The maximum atomic E-state index is 15.6. The summed E-state index contributed by atoms with van der Waals surface area (Å²) in [5.74, 6) is -0.699. The molecule has 9 nitrogen and oxygen atoms in total. The molecule has 3 aromatic rings. The number of methoxy groups -OCH3 is 1. The lowest BCUT2D eigenvalue weighted by atomic mass is 9.72. The van der Waals surface area contributed by atoms with Gasteiger partial charge in [0.05, 0.1) is 23.8 Å². The Hall–Kier alpha value is -4.31. The molecule has 1 atom stereocenters. The Morgan fingerprint density at radius 1 is 1.19 bits per heavy atom. The van der Waals surface area contributed by atoms with Crippen LogP contribution in [0.1, 0.15) is 36.2 Å². The molecule has 3 aromatic heterocycles. The molecular formula is C29H29F4N7O2. The van der Waals surface area contributed by atoms with E-state index in [4.69, 9.17) is 4.74 Å². The third kappa shape index (κ3) is 5.59. The summed E-state index contributed by atoms with van der Waals surface area (Å²) in [5, 5.41) is 12.7. The van der Waals surface area contributed by atoms with Crippen LogP contribution >= 0.6 is 0 Å². The molecule has 0 aliphatic carbocycles. The Balaban J connectivity index is 1.47. The van der Waals surface area contributed by atoms with E-state index in [9.17, 15) is 23.2 Å². The highest BCUT2D eigenvalue weighted by atomic mass is 19.4. The van der Waals surface area contributed by atoms with Crippen molar-refractivity contribution in [1.29, 1.82) is 5.26 Å². The molecule has 0 spiro atoms. The van der Waals surface area contributed by atoms with Crippen molar-refractivity contribution < 1.29 is 27.1 Å². The molecule has 2 saturated heterocycles. The molecule has 1 N–H and O–H groups in total. The van der Waals surface area contributed by atoms with E-state index in [1.54, 1.807) is 23.1 Å². The number of ether oxygens (including phenoxy) is 1. The minimum absolute atomic E-state index is 0.0311. The third-order valence-electron chi connectivity index (χ3n) is 8.00. The Kier molecular flexibility index (Phi) is 8.01. The highest BCUT2D eigenvalue weighted by molar-refractivity contribution is 5.89. The van der Waals surface area contributed by atoms with Crippen LogP contribution in [0, 0.1) is 17.1 Å². The van der Waals surface area contributed by atoms with Crippen molar-refractivity contribution in [2.75, 3.05) is 45.2 Å². The zero-order valence-corrected chi connectivity index (χ0v) is 23.1. The van der Waals surface area contributed by atoms with Gasteiger partial charge in [0.15, 0.2) is 5.69 Å². The van der Waals surface area contributed by atoms with E-state index in [0.717, 1.165) is 19.0 Å². The Morgan fingerprint density at radius 2 is 1.95 bits per heavy atom. The topological polar surface area (TPSA) is 107 Å². The number of alkyl halides is 3. The van der Waals surface area contributed by atoms with Crippen LogP contribution in [0.4, 0.5) is 23.2 Å². The lowest BCUT2D eigenvalue weighted by Crippen LogP contribution is -2.54. The predicted octanol–water partition coefficient (Wildman–Crippen LogP) is 3.94. The smallest absolute Gasteiger partial charge is 0.433 e. The van der Waals surface area contributed by atoms with Gasteiger partial charge < -0.3 is 19.9 Å². The van der Waals surface area contributed by atoms with Crippen LogP contribution in [0.15, 0.2) is 42.7 Å². The molecule has 0 unspecified atom stereocenters. The van der Waals surface area contributed by atoms with Crippen LogP contribution in [0.3, 0.4) is 0 Å². The van der Waals surface area contributed by atoms with Crippen molar-refractivity contribution in [1.82, 2.24) is 25.2 Å². The maximum absolute atomic E-state index is 15.6. The Labute approximate surface area is 240 Å². The molecule has 2 aliphatic rings. The summed E-state index contributed by atoms with van der Waals surface area (Å²) in [6.45, 7) is 1.96. The number of piperidine rings is 1. The van der Waals surface area contributed by atoms with Crippen molar-refractivity contribution in [2.24, 2.45) is 0 Å². The van der Waals surface area contributed by atoms with E-state index in [1.165, 1.54) is 31.6 Å². The van der Waals surface area contributed by atoms with E-state index in [1.807, 2.05) is 7.05 Å². The predicted molar refractivity (Wildman–Crippen MR) is 145 cm³/mol. The second-order valence-corrected chi connectivity index (χ2v) is 10.6. The highest BCUT2D eigenvalue weighted by Gasteiger charge is 2.45. The average molecular weight is 584 g/mol. The first-order valence-corrected chi connectivity index (χ1v) is 13.4. The average Bonchev–Trinajstić information content (AvgIpc) is 3.40. The first-order chi connectivity index (χ1) is 20.1. The van der Waals surface area contributed by atoms with Crippen LogP contribution in [0.2, 0.25) is 0 Å². The normalized spacial score (nSPS) is 18.9. The number of likely N-dealkylation sites (tertiary alicyclic amines) is 1. The van der Waals surface area contributed by atoms with Gasteiger partial charge in [0.1, 0.15) is 23.3 Å². The van der Waals surface area contributed by atoms with Crippen LogP contribution in [-0.2, 0) is 16.4 Å². The molecule has 5 rings (SSSR count). The van der Waals surface area contributed by atoms with E-state index in [-0.39, 0.29) is 60.8 Å². The third-order valence-corrected chi connectivity index (χ3v) is 8.00. The molecule has 0 radical (unpaired) electrons. The first-order valence-electron chi connectivity index (χ1n) is 13.4. The van der Waals surface area contributed by atoms with Gasteiger partial charge in [-0.3, -0.25) is 9.78 Å². The number of anilines is 1. The number of hydrogen-bond acceptors (Lipinski definition) is 8.